The van der Waals surface area contributed by atoms with Gasteiger partial charge in [0.15, 0.2) is 0 Å². The summed E-state index contributed by atoms with van der Waals surface area (Å²) < 4.78 is 5.87. The molecule has 2 aliphatic heterocycles. The lowest BCUT2D eigenvalue weighted by atomic mass is 10.1. The average molecular weight is 599 g/mol. The van der Waals surface area contributed by atoms with Crippen LogP contribution in [0.1, 0.15) is 20.7 Å². The second kappa shape index (κ2) is 11.9. The van der Waals surface area contributed by atoms with Crippen molar-refractivity contribution in [3.8, 4) is 11.5 Å². The van der Waals surface area contributed by atoms with Crippen LogP contribution >= 0.6 is 0 Å². The number of hydrogen-bond acceptors (Lipinski definition) is 7. The Hall–Kier alpha value is -6.62. The molecule has 0 fully saturated rings. The van der Waals surface area contributed by atoms with Gasteiger partial charge in [0, 0.05) is 46.8 Å². The van der Waals surface area contributed by atoms with Crippen LogP contribution in [-0.2, 0) is 19.2 Å². The number of hydrogen-bond donors (Lipinski definition) is 2. The predicted octanol–water partition coefficient (Wildman–Crippen LogP) is 4.84. The maximum Gasteiger partial charge on any atom is 0.258 e. The number of benzene rings is 4. The van der Waals surface area contributed by atoms with Gasteiger partial charge in [-0.25, -0.2) is 9.80 Å². The van der Waals surface area contributed by atoms with E-state index < -0.39 is 23.6 Å². The number of imide groups is 2. The molecule has 6 rings (SSSR count). The normalized spacial score (nSPS) is 13.9. The fourth-order valence-electron chi connectivity index (χ4n) is 4.59. The molecule has 0 radical (unpaired) electrons. The van der Waals surface area contributed by atoms with Gasteiger partial charge in [-0.05, 0) is 97.1 Å². The zero-order valence-corrected chi connectivity index (χ0v) is 23.3. The van der Waals surface area contributed by atoms with Crippen LogP contribution in [0.3, 0.4) is 0 Å². The van der Waals surface area contributed by atoms with E-state index >= 15 is 0 Å². The topological polar surface area (TPSA) is 142 Å². The van der Waals surface area contributed by atoms with Crippen molar-refractivity contribution in [1.82, 2.24) is 0 Å². The van der Waals surface area contributed by atoms with Crippen molar-refractivity contribution < 1.29 is 33.5 Å². The molecule has 2 aliphatic rings. The molecule has 0 spiro atoms. The van der Waals surface area contributed by atoms with Crippen molar-refractivity contribution in [2.24, 2.45) is 0 Å². The maximum atomic E-state index is 12.7. The van der Waals surface area contributed by atoms with Crippen molar-refractivity contribution in [3.05, 3.63) is 132 Å². The summed E-state index contributed by atoms with van der Waals surface area (Å²) in [6.45, 7) is 0. The summed E-state index contributed by atoms with van der Waals surface area (Å²) in [6.07, 6.45) is 4.78. The van der Waals surface area contributed by atoms with E-state index in [2.05, 4.69) is 10.6 Å². The molecule has 2 N–H and O–H groups in total. The third-order valence-corrected chi connectivity index (χ3v) is 6.85. The summed E-state index contributed by atoms with van der Waals surface area (Å²) in [5, 5.41) is 5.57. The van der Waals surface area contributed by atoms with E-state index in [-0.39, 0.29) is 11.8 Å². The lowest BCUT2D eigenvalue weighted by Crippen LogP contribution is -2.29. The van der Waals surface area contributed by atoms with Crippen molar-refractivity contribution in [2.75, 3.05) is 20.4 Å². The number of rotatable bonds is 8. The lowest BCUT2D eigenvalue weighted by molar-refractivity contribution is -0.121. The minimum atomic E-state index is -0.433. The minimum Gasteiger partial charge on any atom is -0.457 e. The standard InChI is InChI=1S/C34H22N4O7/c39-29-17-18-30(40)37(29)25-9-1-21(2-10-25)33(43)35-23-5-13-27(14-6-23)45-28-15-7-24(8-16-28)36-34(44)22-3-11-26(12-4-22)38-31(41)19-20-32(38)42/h1-20H,(H,35,43)(H,36,44). The molecule has 0 aliphatic carbocycles. The number of nitrogens with zero attached hydrogens (tertiary/aromatic N) is 2. The molecule has 0 unspecified atom stereocenters. The molecule has 0 bridgehead atoms. The minimum absolute atomic E-state index is 0.350. The highest BCUT2D eigenvalue weighted by Gasteiger charge is 2.26. The molecule has 0 aromatic heterocycles. The van der Waals surface area contributed by atoms with Crippen LogP contribution in [0.4, 0.5) is 22.7 Å². The van der Waals surface area contributed by atoms with Gasteiger partial charge in [-0.3, -0.25) is 28.8 Å². The monoisotopic (exact) mass is 598 g/mol. The summed E-state index contributed by atoms with van der Waals surface area (Å²) in [6, 6.07) is 25.7. The van der Waals surface area contributed by atoms with Crippen LogP contribution in [0.15, 0.2) is 121 Å². The van der Waals surface area contributed by atoms with E-state index in [1.807, 2.05) is 0 Å². The average Bonchev–Trinajstić information content (AvgIpc) is 3.57. The SMILES string of the molecule is O=C(Nc1ccc(Oc2ccc(NC(=O)c3ccc(N4C(=O)C=CC4=O)cc3)cc2)cc1)c1ccc(N2C(=O)C=CC2=O)cc1. The van der Waals surface area contributed by atoms with Crippen molar-refractivity contribution in [1.29, 1.82) is 0 Å². The van der Waals surface area contributed by atoms with Crippen LogP contribution in [0.25, 0.3) is 0 Å². The smallest absolute Gasteiger partial charge is 0.258 e. The summed E-state index contributed by atoms with van der Waals surface area (Å²) in [4.78, 5) is 74.8. The van der Waals surface area contributed by atoms with Gasteiger partial charge in [-0.1, -0.05) is 0 Å². The summed E-state index contributed by atoms with van der Waals surface area (Å²) >= 11 is 0. The molecule has 0 atom stereocenters. The number of carbonyl (C=O) groups is 6. The Morgan fingerprint density at radius 3 is 1.07 bits per heavy atom. The Morgan fingerprint density at radius 1 is 0.444 bits per heavy atom. The van der Waals surface area contributed by atoms with Crippen molar-refractivity contribution in [2.45, 2.75) is 0 Å². The molecule has 6 amide bonds. The quantitative estimate of drug-likeness (QED) is 0.276. The van der Waals surface area contributed by atoms with Crippen LogP contribution in [0.2, 0.25) is 0 Å². The van der Waals surface area contributed by atoms with E-state index in [0.717, 1.165) is 9.80 Å². The van der Waals surface area contributed by atoms with Gasteiger partial charge in [-0.15, -0.1) is 0 Å². The van der Waals surface area contributed by atoms with Crippen LogP contribution in [-0.4, -0.2) is 35.4 Å². The van der Waals surface area contributed by atoms with E-state index in [4.69, 9.17) is 4.74 Å². The number of ether oxygens (including phenoxy) is 1. The second-order valence-electron chi connectivity index (χ2n) is 9.84. The summed E-state index contributed by atoms with van der Waals surface area (Å²) in [7, 11) is 0. The van der Waals surface area contributed by atoms with E-state index in [9.17, 15) is 28.8 Å². The Balaban J connectivity index is 1.01. The number of anilines is 4. The lowest BCUT2D eigenvalue weighted by Gasteiger charge is -2.14. The van der Waals surface area contributed by atoms with Crippen molar-refractivity contribution in [3.63, 3.8) is 0 Å². The van der Waals surface area contributed by atoms with E-state index in [1.54, 1.807) is 48.5 Å². The van der Waals surface area contributed by atoms with Crippen LogP contribution in [0.5, 0.6) is 11.5 Å². The fraction of sp³-hybridized carbons (Fsp3) is 0. The van der Waals surface area contributed by atoms with Gasteiger partial charge in [0.2, 0.25) is 0 Å². The zero-order chi connectivity index (χ0) is 31.5. The molecular weight excluding hydrogens is 576 g/mol. The highest BCUT2D eigenvalue weighted by Crippen LogP contribution is 2.26. The zero-order valence-electron chi connectivity index (χ0n) is 23.3. The first kappa shape index (κ1) is 28.5. The molecule has 11 nitrogen and oxygen atoms in total. The van der Waals surface area contributed by atoms with Crippen LogP contribution < -0.4 is 25.2 Å². The molecule has 45 heavy (non-hydrogen) atoms. The summed E-state index contributed by atoms with van der Waals surface area (Å²) in [5.41, 5.74) is 2.52. The second-order valence-corrected chi connectivity index (χ2v) is 9.84. The fourth-order valence-corrected chi connectivity index (χ4v) is 4.59. The highest BCUT2D eigenvalue weighted by atomic mass is 16.5. The Kier molecular flexibility index (Phi) is 7.56. The molecule has 0 saturated carbocycles. The molecule has 220 valence electrons. The Labute approximate surface area is 256 Å². The first-order chi connectivity index (χ1) is 21.7. The van der Waals surface area contributed by atoms with Gasteiger partial charge in [0.05, 0.1) is 11.4 Å². The summed E-state index contributed by atoms with van der Waals surface area (Å²) in [5.74, 6) is -1.42. The third-order valence-electron chi connectivity index (χ3n) is 6.85. The predicted molar refractivity (Wildman–Crippen MR) is 165 cm³/mol. The Bertz CT molecular complexity index is 1730. The number of amides is 6. The van der Waals surface area contributed by atoms with E-state index in [0.29, 0.717) is 45.4 Å². The third kappa shape index (κ3) is 6.13. The van der Waals surface area contributed by atoms with E-state index in [1.165, 1.54) is 72.8 Å². The molecule has 2 heterocycles. The van der Waals surface area contributed by atoms with Crippen molar-refractivity contribution >= 4 is 58.2 Å². The first-order valence-corrected chi connectivity index (χ1v) is 13.6. The van der Waals surface area contributed by atoms with Crippen LogP contribution in [0, 0.1) is 0 Å². The van der Waals surface area contributed by atoms with Gasteiger partial charge in [0.25, 0.3) is 35.4 Å². The van der Waals surface area contributed by atoms with Gasteiger partial charge in [-0.2, -0.15) is 0 Å². The van der Waals surface area contributed by atoms with Gasteiger partial charge in [0.1, 0.15) is 11.5 Å². The van der Waals surface area contributed by atoms with Gasteiger partial charge >= 0.3 is 0 Å². The van der Waals surface area contributed by atoms with Gasteiger partial charge < -0.3 is 15.4 Å². The number of carbonyl (C=O) groups excluding carboxylic acids is 6. The molecule has 4 aromatic rings. The molecule has 11 heteroatoms. The molecule has 4 aromatic carbocycles. The number of nitrogens with one attached hydrogen (secondary N) is 2. The Morgan fingerprint density at radius 2 is 0.756 bits per heavy atom. The highest BCUT2D eigenvalue weighted by molar-refractivity contribution is 6.29. The maximum absolute atomic E-state index is 12.7. The first-order valence-electron chi connectivity index (χ1n) is 13.6. The molecular formula is C34H22N4O7. The largest absolute Gasteiger partial charge is 0.457 e. The molecule has 0 saturated heterocycles.